The smallest absolute Gasteiger partial charge is 0.305 e. The van der Waals surface area contributed by atoms with E-state index in [2.05, 4.69) is 4.52 Å². The van der Waals surface area contributed by atoms with E-state index in [0.29, 0.717) is 25.7 Å². The molecule has 0 aromatic carbocycles. The molecule has 120 valence electrons. The van der Waals surface area contributed by atoms with Gasteiger partial charge in [0.1, 0.15) is 6.16 Å². The van der Waals surface area contributed by atoms with E-state index in [0.717, 1.165) is 6.42 Å². The zero-order valence-corrected chi connectivity index (χ0v) is 11.4. The molecule has 1 saturated carbocycles. The van der Waals surface area contributed by atoms with Crippen LogP contribution < -0.4 is 0 Å². The van der Waals surface area contributed by atoms with Crippen molar-refractivity contribution in [2.45, 2.75) is 50.6 Å². The Balaban J connectivity index is 2.69. The Morgan fingerprint density at radius 2 is 1.50 bits per heavy atom. The Morgan fingerprint density at radius 1 is 0.950 bits per heavy atom. The molecular formula is C10H15F6O3P. The first kappa shape index (κ1) is 17.8. The molecule has 3 nitrogen and oxygen atoms in total. The van der Waals surface area contributed by atoms with Crippen molar-refractivity contribution in [2.75, 3.05) is 12.8 Å². The minimum atomic E-state index is -4.92. The van der Waals surface area contributed by atoms with Crippen molar-refractivity contribution in [2.24, 2.45) is 0 Å². The Bertz CT molecular complexity index is 348. The van der Waals surface area contributed by atoms with Crippen LogP contribution >= 0.6 is 7.60 Å². The van der Waals surface area contributed by atoms with Crippen LogP contribution in [0.3, 0.4) is 0 Å². The lowest BCUT2D eigenvalue weighted by molar-refractivity contribution is -0.158. The van der Waals surface area contributed by atoms with Gasteiger partial charge in [0, 0.05) is 0 Å². The van der Waals surface area contributed by atoms with Gasteiger partial charge in [0.05, 0.1) is 6.10 Å². The fraction of sp³-hybridized carbons (Fsp3) is 1.00. The maximum absolute atomic E-state index is 12.3. The molecule has 1 rings (SSSR count). The quantitative estimate of drug-likeness (QED) is 0.543. The lowest BCUT2D eigenvalue weighted by Gasteiger charge is -2.28. The van der Waals surface area contributed by atoms with E-state index in [-0.39, 0.29) is 0 Å². The van der Waals surface area contributed by atoms with Crippen LogP contribution in [-0.2, 0) is 13.6 Å². The first-order chi connectivity index (χ1) is 8.99. The lowest BCUT2D eigenvalue weighted by atomic mass is 9.98. The summed E-state index contributed by atoms with van der Waals surface area (Å²) in [5, 5.41) is 0. The van der Waals surface area contributed by atoms with Gasteiger partial charge in [0.2, 0.25) is 0 Å². The Labute approximate surface area is 112 Å². The molecule has 1 aliphatic rings. The van der Waals surface area contributed by atoms with Gasteiger partial charge < -0.3 is 4.52 Å². The Kier molecular flexibility index (Phi) is 5.92. The SMILES string of the molecule is O=P(CC(F)(F)F)(OCC(F)(F)F)OC1CCCCC1. The number of halogens is 6. The summed E-state index contributed by atoms with van der Waals surface area (Å²) in [4.78, 5) is 0. The second kappa shape index (κ2) is 6.66. The summed E-state index contributed by atoms with van der Waals surface area (Å²) in [6.45, 7) is -2.02. The number of alkyl halides is 6. The van der Waals surface area contributed by atoms with Crippen molar-refractivity contribution in [1.29, 1.82) is 0 Å². The number of hydrogen-bond acceptors (Lipinski definition) is 3. The van der Waals surface area contributed by atoms with E-state index in [1.807, 2.05) is 0 Å². The van der Waals surface area contributed by atoms with E-state index < -0.39 is 38.8 Å². The van der Waals surface area contributed by atoms with E-state index in [1.54, 1.807) is 0 Å². The van der Waals surface area contributed by atoms with Gasteiger partial charge in [-0.25, -0.2) is 0 Å². The average molecular weight is 328 g/mol. The van der Waals surface area contributed by atoms with Gasteiger partial charge in [0.15, 0.2) is 6.61 Å². The van der Waals surface area contributed by atoms with Crippen LogP contribution in [0.2, 0.25) is 0 Å². The summed E-state index contributed by atoms with van der Waals surface area (Å²) in [5.74, 6) is 0. The summed E-state index contributed by atoms with van der Waals surface area (Å²) < 4.78 is 93.6. The third kappa shape index (κ3) is 7.50. The highest BCUT2D eigenvalue weighted by Crippen LogP contribution is 2.54. The Morgan fingerprint density at radius 3 is 1.95 bits per heavy atom. The van der Waals surface area contributed by atoms with Crippen molar-refractivity contribution in [3.63, 3.8) is 0 Å². The normalized spacial score (nSPS) is 21.7. The predicted molar refractivity (Wildman–Crippen MR) is 58.5 cm³/mol. The van der Waals surface area contributed by atoms with Crippen LogP contribution in [0.25, 0.3) is 0 Å². The Hall–Kier alpha value is -0.270. The monoisotopic (exact) mass is 328 g/mol. The fourth-order valence-electron chi connectivity index (χ4n) is 1.90. The highest BCUT2D eigenvalue weighted by atomic mass is 31.2. The number of rotatable bonds is 5. The third-order valence-corrected chi connectivity index (χ3v) is 4.55. The third-order valence-electron chi connectivity index (χ3n) is 2.66. The molecule has 0 aliphatic heterocycles. The van der Waals surface area contributed by atoms with Crippen LogP contribution in [0.5, 0.6) is 0 Å². The van der Waals surface area contributed by atoms with E-state index in [9.17, 15) is 30.9 Å². The van der Waals surface area contributed by atoms with Gasteiger partial charge in [-0.05, 0) is 12.8 Å². The number of hydrogen-bond donors (Lipinski definition) is 0. The fourth-order valence-corrected chi connectivity index (χ4v) is 3.58. The van der Waals surface area contributed by atoms with Gasteiger partial charge >= 0.3 is 19.9 Å². The standard InChI is InChI=1S/C10H15F6O3P/c11-9(12,13)6-18-20(17,7-10(14,15)16)19-8-4-2-1-3-5-8/h8H,1-7H2. The molecule has 0 aromatic rings. The van der Waals surface area contributed by atoms with Crippen LogP contribution in [-0.4, -0.2) is 31.2 Å². The first-order valence-electron chi connectivity index (χ1n) is 6.05. The maximum Gasteiger partial charge on any atom is 0.412 e. The molecule has 1 fully saturated rings. The maximum atomic E-state index is 12.3. The van der Waals surface area contributed by atoms with Gasteiger partial charge in [-0.1, -0.05) is 19.3 Å². The van der Waals surface area contributed by atoms with Crippen molar-refractivity contribution >= 4 is 7.60 Å². The largest absolute Gasteiger partial charge is 0.412 e. The van der Waals surface area contributed by atoms with Crippen molar-refractivity contribution in [1.82, 2.24) is 0 Å². The van der Waals surface area contributed by atoms with E-state index in [1.165, 1.54) is 0 Å². The second-order valence-corrected chi connectivity index (χ2v) is 6.65. The van der Waals surface area contributed by atoms with Gasteiger partial charge in [0.25, 0.3) is 0 Å². The summed E-state index contributed by atoms with van der Waals surface area (Å²) in [5.41, 5.74) is 0. The topological polar surface area (TPSA) is 35.5 Å². The summed E-state index contributed by atoms with van der Waals surface area (Å²) in [6.07, 6.45) is -9.57. The first-order valence-corrected chi connectivity index (χ1v) is 7.77. The molecule has 0 heterocycles. The highest BCUT2D eigenvalue weighted by molar-refractivity contribution is 7.53. The van der Waals surface area contributed by atoms with Crippen LogP contribution in [0.4, 0.5) is 26.3 Å². The average Bonchev–Trinajstić information content (AvgIpc) is 2.24. The molecule has 0 amide bonds. The van der Waals surface area contributed by atoms with Gasteiger partial charge in [-0.3, -0.25) is 9.09 Å². The summed E-state index contributed by atoms with van der Waals surface area (Å²) in [7, 11) is -4.85. The minimum Gasteiger partial charge on any atom is -0.305 e. The molecule has 0 bridgehead atoms. The zero-order valence-electron chi connectivity index (χ0n) is 10.5. The molecule has 0 N–H and O–H groups in total. The predicted octanol–water partition coefficient (Wildman–Crippen LogP) is 4.67. The molecule has 1 unspecified atom stereocenters. The zero-order chi connectivity index (χ0) is 15.4. The molecule has 0 spiro atoms. The molecule has 0 saturated heterocycles. The molecule has 20 heavy (non-hydrogen) atoms. The van der Waals surface area contributed by atoms with Crippen molar-refractivity contribution in [3.05, 3.63) is 0 Å². The van der Waals surface area contributed by atoms with E-state index in [4.69, 9.17) is 4.52 Å². The molecule has 1 atom stereocenters. The highest BCUT2D eigenvalue weighted by Gasteiger charge is 2.45. The van der Waals surface area contributed by atoms with E-state index >= 15 is 0 Å². The van der Waals surface area contributed by atoms with Crippen LogP contribution in [0.1, 0.15) is 32.1 Å². The lowest BCUT2D eigenvalue weighted by Crippen LogP contribution is -2.25. The van der Waals surface area contributed by atoms with Crippen molar-refractivity contribution < 1.29 is 40.0 Å². The molecule has 0 aromatic heterocycles. The van der Waals surface area contributed by atoms with Crippen molar-refractivity contribution in [3.8, 4) is 0 Å². The van der Waals surface area contributed by atoms with Gasteiger partial charge in [-0.15, -0.1) is 0 Å². The van der Waals surface area contributed by atoms with Crippen LogP contribution in [0.15, 0.2) is 0 Å². The summed E-state index contributed by atoms with van der Waals surface area (Å²) >= 11 is 0. The minimum absolute atomic E-state index is 0.372. The molecule has 0 radical (unpaired) electrons. The van der Waals surface area contributed by atoms with Crippen LogP contribution in [0, 0.1) is 0 Å². The second-order valence-electron chi connectivity index (χ2n) is 4.64. The molecule has 1 aliphatic carbocycles. The van der Waals surface area contributed by atoms with Gasteiger partial charge in [-0.2, -0.15) is 26.3 Å². The molecular weight excluding hydrogens is 313 g/mol. The summed E-state index contributed by atoms with van der Waals surface area (Å²) in [6, 6.07) is 0. The molecule has 10 heteroatoms.